The molecule has 5 heteroatoms. The number of aromatic nitrogens is 1. The van der Waals surface area contributed by atoms with E-state index in [1.807, 2.05) is 31.2 Å². The molecule has 1 fully saturated rings. The quantitative estimate of drug-likeness (QED) is 0.887. The number of hydrogen-bond donors (Lipinski definition) is 1. The van der Waals surface area contributed by atoms with Gasteiger partial charge in [0.25, 0.3) is 5.91 Å². The second-order valence-corrected chi connectivity index (χ2v) is 7.90. The van der Waals surface area contributed by atoms with E-state index >= 15 is 0 Å². The highest BCUT2D eigenvalue weighted by Crippen LogP contribution is 2.23. The maximum absolute atomic E-state index is 12.4. The van der Waals surface area contributed by atoms with Gasteiger partial charge >= 0.3 is 0 Å². The molecule has 0 spiro atoms. The summed E-state index contributed by atoms with van der Waals surface area (Å²) in [5, 5.41) is 6.93. The molecule has 1 aromatic carbocycles. The lowest BCUT2D eigenvalue weighted by atomic mass is 9.91. The van der Waals surface area contributed by atoms with Crippen LogP contribution in [0.2, 0.25) is 0 Å². The zero-order valence-electron chi connectivity index (χ0n) is 16.2. The van der Waals surface area contributed by atoms with Crippen LogP contribution in [0.3, 0.4) is 0 Å². The summed E-state index contributed by atoms with van der Waals surface area (Å²) >= 11 is 0. The third-order valence-corrected chi connectivity index (χ3v) is 5.16. The van der Waals surface area contributed by atoms with E-state index in [9.17, 15) is 4.79 Å². The van der Waals surface area contributed by atoms with E-state index < -0.39 is 0 Å². The monoisotopic (exact) mass is 355 g/mol. The normalized spacial score (nSPS) is 22.2. The van der Waals surface area contributed by atoms with E-state index in [-0.39, 0.29) is 5.91 Å². The van der Waals surface area contributed by atoms with Gasteiger partial charge in [0.05, 0.1) is 0 Å². The number of carbonyl (C=O) groups is 1. The van der Waals surface area contributed by atoms with E-state index in [0.717, 1.165) is 18.7 Å². The van der Waals surface area contributed by atoms with Crippen molar-refractivity contribution in [2.24, 2.45) is 11.8 Å². The van der Waals surface area contributed by atoms with Crippen LogP contribution in [0, 0.1) is 18.8 Å². The number of nitrogens with zero attached hydrogens (tertiary/aromatic N) is 2. The molecule has 1 aliphatic heterocycles. The third-order valence-electron chi connectivity index (χ3n) is 5.16. The van der Waals surface area contributed by atoms with Gasteiger partial charge in [0.2, 0.25) is 0 Å². The largest absolute Gasteiger partial charge is 0.355 e. The molecule has 1 aromatic heterocycles. The van der Waals surface area contributed by atoms with E-state index in [4.69, 9.17) is 4.52 Å². The van der Waals surface area contributed by atoms with Gasteiger partial charge in [-0.25, -0.2) is 0 Å². The minimum Gasteiger partial charge on any atom is -0.355 e. The Morgan fingerprint density at radius 3 is 2.58 bits per heavy atom. The zero-order chi connectivity index (χ0) is 18.7. The van der Waals surface area contributed by atoms with Crippen LogP contribution >= 0.6 is 0 Å². The molecule has 1 aliphatic rings. The molecule has 0 unspecified atom stereocenters. The number of likely N-dealkylation sites (tertiary alicyclic amines) is 1. The van der Waals surface area contributed by atoms with Crippen LogP contribution < -0.4 is 5.32 Å². The smallest absolute Gasteiger partial charge is 0.273 e. The standard InChI is InChI=1S/C21H29N3O2/c1-14-5-7-18(8-6-14)20-10-19(23-26-20)21(25)22-11-17(4)24-12-15(2)9-16(3)13-24/h5-8,10,15-17H,9,11-13H2,1-4H3,(H,22,25)/t15-,16-,17+/m1/s1. The van der Waals surface area contributed by atoms with E-state index in [1.165, 1.54) is 12.0 Å². The number of nitrogens with one attached hydrogen (secondary N) is 1. The number of benzene rings is 1. The van der Waals surface area contributed by atoms with Crippen molar-refractivity contribution in [3.05, 3.63) is 41.6 Å². The van der Waals surface area contributed by atoms with Crippen LogP contribution in [-0.2, 0) is 0 Å². The summed E-state index contributed by atoms with van der Waals surface area (Å²) in [4.78, 5) is 14.9. The Morgan fingerprint density at radius 2 is 1.92 bits per heavy atom. The lowest BCUT2D eigenvalue weighted by molar-refractivity contribution is 0.0862. The molecule has 2 aromatic rings. The highest BCUT2D eigenvalue weighted by molar-refractivity contribution is 5.93. The lowest BCUT2D eigenvalue weighted by Gasteiger charge is -2.38. The van der Waals surface area contributed by atoms with E-state index in [2.05, 4.69) is 36.1 Å². The van der Waals surface area contributed by atoms with Crippen LogP contribution in [0.4, 0.5) is 0 Å². The summed E-state index contributed by atoms with van der Waals surface area (Å²) in [5.74, 6) is 1.85. The molecule has 0 bridgehead atoms. The zero-order valence-corrected chi connectivity index (χ0v) is 16.2. The molecule has 5 nitrogen and oxygen atoms in total. The predicted octanol–water partition coefficient (Wildman–Crippen LogP) is 3.75. The fourth-order valence-corrected chi connectivity index (χ4v) is 3.77. The van der Waals surface area contributed by atoms with Crippen LogP contribution in [0.1, 0.15) is 43.2 Å². The fraction of sp³-hybridized carbons (Fsp3) is 0.524. The van der Waals surface area contributed by atoms with Crippen LogP contribution in [0.15, 0.2) is 34.9 Å². The molecule has 3 rings (SSSR count). The molecule has 1 amide bonds. The highest BCUT2D eigenvalue weighted by Gasteiger charge is 2.25. The van der Waals surface area contributed by atoms with Crippen molar-refractivity contribution in [1.29, 1.82) is 0 Å². The van der Waals surface area contributed by atoms with Crippen molar-refractivity contribution in [3.63, 3.8) is 0 Å². The minimum absolute atomic E-state index is 0.183. The summed E-state index contributed by atoms with van der Waals surface area (Å²) in [6.45, 7) is 11.6. The van der Waals surface area contributed by atoms with Gasteiger partial charge in [0.1, 0.15) is 0 Å². The first-order chi connectivity index (χ1) is 12.4. The minimum atomic E-state index is -0.183. The van der Waals surface area contributed by atoms with Crippen LogP contribution in [-0.4, -0.2) is 41.6 Å². The Balaban J connectivity index is 1.56. The number of piperidine rings is 1. The fourth-order valence-electron chi connectivity index (χ4n) is 3.77. The van der Waals surface area contributed by atoms with E-state index in [1.54, 1.807) is 6.07 Å². The van der Waals surface area contributed by atoms with Crippen LogP contribution in [0.25, 0.3) is 11.3 Å². The number of hydrogen-bond acceptors (Lipinski definition) is 4. The van der Waals surface area contributed by atoms with Gasteiger partial charge < -0.3 is 9.84 Å². The van der Waals surface area contributed by atoms with Crippen molar-refractivity contribution in [2.45, 2.75) is 40.2 Å². The Labute approximate surface area is 155 Å². The highest BCUT2D eigenvalue weighted by atomic mass is 16.5. The molecular weight excluding hydrogens is 326 g/mol. The average Bonchev–Trinajstić information content (AvgIpc) is 3.09. The van der Waals surface area contributed by atoms with E-state index in [0.29, 0.717) is 35.9 Å². The molecule has 140 valence electrons. The maximum Gasteiger partial charge on any atom is 0.273 e. The average molecular weight is 355 g/mol. The van der Waals surface area contributed by atoms with Gasteiger partial charge in [-0.1, -0.05) is 48.8 Å². The van der Waals surface area contributed by atoms with Crippen molar-refractivity contribution in [2.75, 3.05) is 19.6 Å². The van der Waals surface area contributed by atoms with Gasteiger partial charge in [-0.05, 0) is 32.1 Å². The molecule has 26 heavy (non-hydrogen) atoms. The lowest BCUT2D eigenvalue weighted by Crippen LogP contribution is -2.48. The molecule has 2 heterocycles. The summed E-state index contributed by atoms with van der Waals surface area (Å²) < 4.78 is 5.34. The first-order valence-corrected chi connectivity index (χ1v) is 9.48. The Hall–Kier alpha value is -2.14. The third kappa shape index (κ3) is 4.52. The number of amides is 1. The Bertz CT molecular complexity index is 728. The SMILES string of the molecule is Cc1ccc(-c2cc(C(=O)NC[C@H](C)N3C[C@H](C)C[C@@H](C)C3)no2)cc1. The second kappa shape index (κ2) is 8.04. The number of carbonyl (C=O) groups excluding carboxylic acids is 1. The molecule has 0 aliphatic carbocycles. The van der Waals surface area contributed by atoms with Gasteiger partial charge in [0.15, 0.2) is 11.5 Å². The molecule has 0 radical (unpaired) electrons. The van der Waals surface area contributed by atoms with Gasteiger partial charge in [-0.15, -0.1) is 0 Å². The topological polar surface area (TPSA) is 58.4 Å². The molecule has 1 saturated heterocycles. The maximum atomic E-state index is 12.4. The second-order valence-electron chi connectivity index (χ2n) is 7.90. The first-order valence-electron chi connectivity index (χ1n) is 9.48. The van der Waals surface area contributed by atoms with Crippen molar-refractivity contribution < 1.29 is 9.32 Å². The van der Waals surface area contributed by atoms with Gasteiger partial charge in [-0.3, -0.25) is 9.69 Å². The van der Waals surface area contributed by atoms with Crippen molar-refractivity contribution in [1.82, 2.24) is 15.4 Å². The van der Waals surface area contributed by atoms with Gasteiger partial charge in [0, 0.05) is 37.3 Å². The summed E-state index contributed by atoms with van der Waals surface area (Å²) in [6.07, 6.45) is 1.29. The number of aryl methyl sites for hydroxylation is 1. The summed E-state index contributed by atoms with van der Waals surface area (Å²) in [7, 11) is 0. The molecule has 3 atom stereocenters. The Kier molecular flexibility index (Phi) is 5.77. The molecule has 0 saturated carbocycles. The Morgan fingerprint density at radius 1 is 1.27 bits per heavy atom. The molecular formula is C21H29N3O2. The molecule has 1 N–H and O–H groups in total. The van der Waals surface area contributed by atoms with Gasteiger partial charge in [-0.2, -0.15) is 0 Å². The van der Waals surface area contributed by atoms with Crippen LogP contribution in [0.5, 0.6) is 0 Å². The van der Waals surface area contributed by atoms with Crippen molar-refractivity contribution >= 4 is 5.91 Å². The predicted molar refractivity (Wildman–Crippen MR) is 103 cm³/mol. The summed E-state index contributed by atoms with van der Waals surface area (Å²) in [5.41, 5.74) is 2.43. The number of rotatable bonds is 5. The first kappa shape index (κ1) is 18.6. The summed E-state index contributed by atoms with van der Waals surface area (Å²) in [6, 6.07) is 9.99. The van der Waals surface area contributed by atoms with Crippen molar-refractivity contribution in [3.8, 4) is 11.3 Å².